The highest BCUT2D eigenvalue weighted by Gasteiger charge is 2.09. The average molecular weight is 322 g/mol. The summed E-state index contributed by atoms with van der Waals surface area (Å²) in [7, 11) is 0. The van der Waals surface area contributed by atoms with Crippen LogP contribution in [0.25, 0.3) is 0 Å². The lowest BCUT2D eigenvalue weighted by atomic mass is 10.0. The van der Waals surface area contributed by atoms with Crippen molar-refractivity contribution in [2.45, 2.75) is 20.3 Å². The summed E-state index contributed by atoms with van der Waals surface area (Å²) in [6.07, 6.45) is 0.510. The Morgan fingerprint density at radius 2 is 1.58 bits per heavy atom. The van der Waals surface area contributed by atoms with Crippen molar-refractivity contribution < 1.29 is 14.2 Å². The summed E-state index contributed by atoms with van der Waals surface area (Å²) in [6, 6.07) is 17.5. The average Bonchev–Trinajstić information content (AvgIpc) is 2.56. The van der Waals surface area contributed by atoms with E-state index in [-0.39, 0.29) is 11.6 Å². The van der Waals surface area contributed by atoms with Gasteiger partial charge in [-0.15, -0.1) is 0 Å². The maximum Gasteiger partial charge on any atom is 0.133 e. The molecule has 3 aromatic rings. The quantitative estimate of drug-likeness (QED) is 0.684. The van der Waals surface area contributed by atoms with E-state index in [0.29, 0.717) is 12.2 Å². The van der Waals surface area contributed by atoms with Crippen LogP contribution in [-0.2, 0) is 6.42 Å². The van der Waals surface area contributed by atoms with E-state index >= 15 is 0 Å². The van der Waals surface area contributed by atoms with E-state index in [2.05, 4.69) is 0 Å². The molecular formula is C21H19FO2. The van der Waals surface area contributed by atoms with Crippen LogP contribution in [0.3, 0.4) is 0 Å². The predicted molar refractivity (Wildman–Crippen MR) is 93.3 cm³/mol. The van der Waals surface area contributed by atoms with Crippen molar-refractivity contribution in [1.29, 1.82) is 0 Å². The fourth-order valence-corrected chi connectivity index (χ4v) is 2.67. The topological polar surface area (TPSA) is 29.5 Å². The molecular weight excluding hydrogens is 303 g/mol. The number of halogens is 1. The first kappa shape index (κ1) is 16.1. The maximum absolute atomic E-state index is 13.0. The van der Waals surface area contributed by atoms with E-state index in [1.165, 1.54) is 12.1 Å². The van der Waals surface area contributed by atoms with Crippen molar-refractivity contribution in [3.63, 3.8) is 0 Å². The van der Waals surface area contributed by atoms with Gasteiger partial charge < -0.3 is 9.84 Å². The fourth-order valence-electron chi connectivity index (χ4n) is 2.67. The largest absolute Gasteiger partial charge is 0.508 e. The van der Waals surface area contributed by atoms with Crippen LogP contribution in [0.15, 0.2) is 60.7 Å². The molecule has 0 saturated carbocycles. The normalized spacial score (nSPS) is 10.6. The second-order valence-electron chi connectivity index (χ2n) is 5.92. The molecule has 0 aromatic heterocycles. The minimum Gasteiger partial charge on any atom is -0.508 e. The summed E-state index contributed by atoms with van der Waals surface area (Å²) in [5.74, 6) is 1.43. The van der Waals surface area contributed by atoms with E-state index in [4.69, 9.17) is 4.74 Å². The van der Waals surface area contributed by atoms with Crippen molar-refractivity contribution >= 4 is 0 Å². The highest BCUT2D eigenvalue weighted by atomic mass is 19.1. The molecule has 3 aromatic carbocycles. The number of hydrogen-bond acceptors (Lipinski definition) is 2. The number of para-hydroxylation sites is 1. The monoisotopic (exact) mass is 322 g/mol. The first-order valence-electron chi connectivity index (χ1n) is 7.83. The van der Waals surface area contributed by atoms with E-state index in [1.807, 2.05) is 38.1 Å². The van der Waals surface area contributed by atoms with E-state index in [1.54, 1.807) is 24.3 Å². The molecule has 0 saturated heterocycles. The molecule has 3 rings (SSSR count). The zero-order valence-corrected chi connectivity index (χ0v) is 13.7. The summed E-state index contributed by atoms with van der Waals surface area (Å²) in [6.45, 7) is 4.00. The number of aryl methyl sites for hydroxylation is 2. The minimum atomic E-state index is -0.268. The Hall–Kier alpha value is -2.81. The summed E-state index contributed by atoms with van der Waals surface area (Å²) in [5.41, 5.74) is 3.78. The molecule has 0 amide bonds. The van der Waals surface area contributed by atoms with Gasteiger partial charge in [-0.25, -0.2) is 4.39 Å². The van der Waals surface area contributed by atoms with Crippen LogP contribution in [-0.4, -0.2) is 5.11 Å². The molecule has 0 aliphatic heterocycles. The van der Waals surface area contributed by atoms with Crippen LogP contribution in [0, 0.1) is 19.7 Å². The van der Waals surface area contributed by atoms with Gasteiger partial charge in [0.2, 0.25) is 0 Å². The van der Waals surface area contributed by atoms with E-state index in [0.717, 1.165) is 28.0 Å². The third-order valence-electron chi connectivity index (χ3n) is 3.99. The summed E-state index contributed by atoms with van der Waals surface area (Å²) in [4.78, 5) is 0. The molecule has 1 N–H and O–H groups in total. The molecule has 24 heavy (non-hydrogen) atoms. The first-order valence-corrected chi connectivity index (χ1v) is 7.83. The Labute approximate surface area is 141 Å². The number of ether oxygens (including phenoxy) is 1. The number of phenols is 1. The fraction of sp³-hybridized carbons (Fsp3) is 0.143. The molecule has 0 heterocycles. The standard InChI is InChI=1S/C21H19FO2/c1-14-4-3-5-15(2)21(14)24-19-10-11-20(23)17(13-19)12-16-6-8-18(22)9-7-16/h3-11,13,23H,12H2,1-2H3. The summed E-state index contributed by atoms with van der Waals surface area (Å²) >= 11 is 0. The molecule has 0 spiro atoms. The molecule has 0 aliphatic rings. The van der Waals surface area contributed by atoms with Crippen molar-refractivity contribution in [2.24, 2.45) is 0 Å². The summed E-state index contributed by atoms with van der Waals surface area (Å²) in [5, 5.41) is 10.1. The van der Waals surface area contributed by atoms with Crippen LogP contribution >= 0.6 is 0 Å². The smallest absolute Gasteiger partial charge is 0.133 e. The van der Waals surface area contributed by atoms with Gasteiger partial charge in [0.1, 0.15) is 23.1 Å². The van der Waals surface area contributed by atoms with Crippen LogP contribution in [0.4, 0.5) is 4.39 Å². The lowest BCUT2D eigenvalue weighted by Crippen LogP contribution is -1.94. The van der Waals surface area contributed by atoms with Crippen LogP contribution in [0.2, 0.25) is 0 Å². The first-order chi connectivity index (χ1) is 11.5. The Morgan fingerprint density at radius 1 is 0.917 bits per heavy atom. The zero-order valence-electron chi connectivity index (χ0n) is 13.7. The highest BCUT2D eigenvalue weighted by molar-refractivity contribution is 5.47. The number of rotatable bonds is 4. The van der Waals surface area contributed by atoms with Gasteiger partial charge in [-0.2, -0.15) is 0 Å². The van der Waals surface area contributed by atoms with Crippen LogP contribution in [0.1, 0.15) is 22.3 Å². The molecule has 122 valence electrons. The number of benzene rings is 3. The Bertz CT molecular complexity index is 834. The van der Waals surface area contributed by atoms with E-state index in [9.17, 15) is 9.50 Å². The zero-order chi connectivity index (χ0) is 17.1. The minimum absolute atomic E-state index is 0.202. The molecule has 0 radical (unpaired) electrons. The Kier molecular flexibility index (Phi) is 4.52. The number of aromatic hydroxyl groups is 1. The van der Waals surface area contributed by atoms with Gasteiger partial charge in [0.25, 0.3) is 0 Å². The molecule has 0 bridgehead atoms. The number of hydrogen-bond donors (Lipinski definition) is 1. The van der Waals surface area contributed by atoms with Gasteiger partial charge in [-0.05, 0) is 60.9 Å². The van der Waals surface area contributed by atoms with E-state index < -0.39 is 0 Å². The van der Waals surface area contributed by atoms with Gasteiger partial charge in [-0.3, -0.25) is 0 Å². The molecule has 0 unspecified atom stereocenters. The Balaban J connectivity index is 1.87. The maximum atomic E-state index is 13.0. The second-order valence-corrected chi connectivity index (χ2v) is 5.92. The van der Waals surface area contributed by atoms with Gasteiger partial charge in [0, 0.05) is 12.0 Å². The SMILES string of the molecule is Cc1cccc(C)c1Oc1ccc(O)c(Cc2ccc(F)cc2)c1. The van der Waals surface area contributed by atoms with Gasteiger partial charge in [0.15, 0.2) is 0 Å². The van der Waals surface area contributed by atoms with Crippen molar-refractivity contribution in [1.82, 2.24) is 0 Å². The Morgan fingerprint density at radius 3 is 2.25 bits per heavy atom. The summed E-state index contributed by atoms with van der Waals surface area (Å²) < 4.78 is 19.0. The lowest BCUT2D eigenvalue weighted by molar-refractivity contribution is 0.456. The highest BCUT2D eigenvalue weighted by Crippen LogP contribution is 2.32. The molecule has 0 aliphatic carbocycles. The van der Waals surface area contributed by atoms with Gasteiger partial charge >= 0.3 is 0 Å². The van der Waals surface area contributed by atoms with Crippen LogP contribution < -0.4 is 4.74 Å². The third-order valence-corrected chi connectivity index (χ3v) is 3.99. The molecule has 0 atom stereocenters. The molecule has 2 nitrogen and oxygen atoms in total. The van der Waals surface area contributed by atoms with Crippen LogP contribution in [0.5, 0.6) is 17.2 Å². The molecule has 3 heteroatoms. The molecule has 0 fully saturated rings. The van der Waals surface area contributed by atoms with Crippen molar-refractivity contribution in [3.8, 4) is 17.2 Å². The van der Waals surface area contributed by atoms with Gasteiger partial charge in [-0.1, -0.05) is 30.3 Å². The van der Waals surface area contributed by atoms with Gasteiger partial charge in [0.05, 0.1) is 0 Å². The third kappa shape index (κ3) is 3.57. The second kappa shape index (κ2) is 6.75. The lowest BCUT2D eigenvalue weighted by Gasteiger charge is -2.13. The predicted octanol–water partition coefficient (Wildman–Crippen LogP) is 5.53. The van der Waals surface area contributed by atoms with Crippen molar-refractivity contribution in [3.05, 3.63) is 88.7 Å². The van der Waals surface area contributed by atoms with Crippen molar-refractivity contribution in [2.75, 3.05) is 0 Å². The number of phenolic OH excluding ortho intramolecular Hbond substituents is 1.